The predicted octanol–water partition coefficient (Wildman–Crippen LogP) is 2.97. The molecular weight excluding hydrogens is 296 g/mol. The van der Waals surface area contributed by atoms with Gasteiger partial charge in [0.25, 0.3) is 0 Å². The van der Waals surface area contributed by atoms with Gasteiger partial charge in [-0.1, -0.05) is 43.3 Å². The Balaban J connectivity index is 2.01. The van der Waals surface area contributed by atoms with Crippen LogP contribution in [0.1, 0.15) is 32.5 Å². The maximum Gasteiger partial charge on any atom is 0.230 e. The molecule has 0 radical (unpaired) electrons. The summed E-state index contributed by atoms with van der Waals surface area (Å²) in [5.41, 5.74) is 1.01. The summed E-state index contributed by atoms with van der Waals surface area (Å²) in [6, 6.07) is 10.1. The van der Waals surface area contributed by atoms with Gasteiger partial charge in [-0.3, -0.25) is 9.36 Å². The van der Waals surface area contributed by atoms with Gasteiger partial charge in [0.15, 0.2) is 5.16 Å². The molecule has 1 aromatic carbocycles. The standard InChI is InChI=1S/C16H22N4OS/c1-4-8-12(2)17-15(21)11-22-16-19-18-13(3)20(16)14-9-6-5-7-10-14/h5-7,9-10,12H,4,8,11H2,1-3H3,(H,17,21). The summed E-state index contributed by atoms with van der Waals surface area (Å²) in [5, 5.41) is 12.0. The molecule has 0 saturated carbocycles. The second-order valence-corrected chi connectivity index (χ2v) is 6.19. The summed E-state index contributed by atoms with van der Waals surface area (Å²) in [6.07, 6.45) is 2.06. The maximum atomic E-state index is 12.0. The zero-order chi connectivity index (χ0) is 15.9. The molecule has 2 aromatic rings. The molecule has 0 aliphatic heterocycles. The molecule has 0 spiro atoms. The van der Waals surface area contributed by atoms with Crippen molar-refractivity contribution in [1.82, 2.24) is 20.1 Å². The van der Waals surface area contributed by atoms with E-state index in [2.05, 4.69) is 22.4 Å². The van der Waals surface area contributed by atoms with E-state index in [1.165, 1.54) is 11.8 Å². The average molecular weight is 318 g/mol. The van der Waals surface area contributed by atoms with Gasteiger partial charge in [-0.05, 0) is 32.4 Å². The Morgan fingerprint density at radius 2 is 2.05 bits per heavy atom. The van der Waals surface area contributed by atoms with Crippen LogP contribution in [0.3, 0.4) is 0 Å². The second kappa shape index (κ2) is 7.98. The third-order valence-corrected chi connectivity index (χ3v) is 4.20. The molecule has 1 N–H and O–H groups in total. The smallest absolute Gasteiger partial charge is 0.230 e. The van der Waals surface area contributed by atoms with Crippen molar-refractivity contribution in [3.63, 3.8) is 0 Å². The molecule has 1 amide bonds. The fourth-order valence-electron chi connectivity index (χ4n) is 2.26. The van der Waals surface area contributed by atoms with Gasteiger partial charge in [-0.25, -0.2) is 0 Å². The largest absolute Gasteiger partial charge is 0.353 e. The molecule has 0 fully saturated rings. The van der Waals surface area contributed by atoms with Gasteiger partial charge in [0.05, 0.1) is 5.75 Å². The molecule has 0 bridgehead atoms. The quantitative estimate of drug-likeness (QED) is 0.797. The van der Waals surface area contributed by atoms with Crippen LogP contribution in [-0.4, -0.2) is 32.5 Å². The summed E-state index contributed by atoms with van der Waals surface area (Å²) < 4.78 is 1.97. The van der Waals surface area contributed by atoms with Crippen molar-refractivity contribution in [2.45, 2.75) is 44.8 Å². The van der Waals surface area contributed by atoms with E-state index < -0.39 is 0 Å². The Morgan fingerprint density at radius 1 is 1.32 bits per heavy atom. The fourth-order valence-corrected chi connectivity index (χ4v) is 3.07. The Hall–Kier alpha value is -1.82. The van der Waals surface area contributed by atoms with Gasteiger partial charge >= 0.3 is 0 Å². The lowest BCUT2D eigenvalue weighted by Gasteiger charge is -2.12. The highest BCUT2D eigenvalue weighted by Gasteiger charge is 2.14. The summed E-state index contributed by atoms with van der Waals surface area (Å²) in [7, 11) is 0. The van der Waals surface area contributed by atoms with Crippen LogP contribution in [0.2, 0.25) is 0 Å². The molecule has 1 atom stereocenters. The first-order chi connectivity index (χ1) is 10.6. The Morgan fingerprint density at radius 3 is 2.73 bits per heavy atom. The van der Waals surface area contributed by atoms with Gasteiger partial charge in [0.1, 0.15) is 5.82 Å². The maximum absolute atomic E-state index is 12.0. The number of carbonyl (C=O) groups excluding carboxylic acids is 1. The number of para-hydroxylation sites is 1. The monoisotopic (exact) mass is 318 g/mol. The van der Waals surface area contributed by atoms with E-state index in [0.717, 1.165) is 29.5 Å². The van der Waals surface area contributed by atoms with E-state index in [9.17, 15) is 4.79 Å². The summed E-state index contributed by atoms with van der Waals surface area (Å²) in [6.45, 7) is 6.05. The van der Waals surface area contributed by atoms with Gasteiger partial charge in [-0.2, -0.15) is 0 Å². The topological polar surface area (TPSA) is 59.8 Å². The average Bonchev–Trinajstić information content (AvgIpc) is 2.87. The van der Waals surface area contributed by atoms with E-state index in [1.54, 1.807) is 0 Å². The number of amides is 1. The molecule has 1 unspecified atom stereocenters. The lowest BCUT2D eigenvalue weighted by Crippen LogP contribution is -2.33. The van der Waals surface area contributed by atoms with Crippen molar-refractivity contribution in [2.75, 3.05) is 5.75 Å². The van der Waals surface area contributed by atoms with E-state index in [0.29, 0.717) is 5.75 Å². The highest BCUT2D eigenvalue weighted by atomic mass is 32.2. The Labute approximate surface area is 135 Å². The number of aromatic nitrogens is 3. The van der Waals surface area contributed by atoms with Crippen molar-refractivity contribution >= 4 is 17.7 Å². The molecule has 118 valence electrons. The zero-order valence-electron chi connectivity index (χ0n) is 13.2. The van der Waals surface area contributed by atoms with Crippen LogP contribution in [-0.2, 0) is 4.79 Å². The SMILES string of the molecule is CCCC(C)NC(=O)CSc1nnc(C)n1-c1ccccc1. The number of benzene rings is 1. The Bertz CT molecular complexity index is 612. The van der Waals surface area contributed by atoms with Crippen molar-refractivity contribution in [3.8, 4) is 5.69 Å². The number of thioether (sulfide) groups is 1. The molecule has 0 saturated heterocycles. The molecule has 5 nitrogen and oxygen atoms in total. The molecule has 2 rings (SSSR count). The summed E-state index contributed by atoms with van der Waals surface area (Å²) in [5.74, 6) is 1.19. The zero-order valence-corrected chi connectivity index (χ0v) is 14.1. The molecule has 1 heterocycles. The Kier molecular flexibility index (Phi) is 6.00. The normalized spacial score (nSPS) is 12.1. The molecule has 22 heavy (non-hydrogen) atoms. The van der Waals surface area contributed by atoms with Gasteiger partial charge in [0.2, 0.25) is 5.91 Å². The van der Waals surface area contributed by atoms with Gasteiger partial charge in [0, 0.05) is 11.7 Å². The predicted molar refractivity (Wildman–Crippen MR) is 89.3 cm³/mol. The number of nitrogens with zero attached hydrogens (tertiary/aromatic N) is 3. The number of hydrogen-bond acceptors (Lipinski definition) is 4. The first-order valence-electron chi connectivity index (χ1n) is 7.51. The molecule has 0 aliphatic rings. The third kappa shape index (κ3) is 4.34. The second-order valence-electron chi connectivity index (χ2n) is 5.25. The van der Waals surface area contributed by atoms with Crippen LogP contribution in [0, 0.1) is 6.92 Å². The molecular formula is C16H22N4OS. The van der Waals surface area contributed by atoms with Crippen molar-refractivity contribution in [3.05, 3.63) is 36.2 Å². The first-order valence-corrected chi connectivity index (χ1v) is 8.50. The number of nitrogens with one attached hydrogen (secondary N) is 1. The minimum atomic E-state index is 0.0335. The van der Waals surface area contributed by atoms with Gasteiger partial charge in [-0.15, -0.1) is 10.2 Å². The van der Waals surface area contributed by atoms with Crippen LogP contribution in [0.25, 0.3) is 5.69 Å². The van der Waals surface area contributed by atoms with Crippen molar-refractivity contribution in [1.29, 1.82) is 0 Å². The third-order valence-electron chi connectivity index (χ3n) is 3.27. The molecule has 1 aromatic heterocycles. The highest BCUT2D eigenvalue weighted by molar-refractivity contribution is 7.99. The lowest BCUT2D eigenvalue weighted by atomic mass is 10.2. The van der Waals surface area contributed by atoms with Crippen LogP contribution >= 0.6 is 11.8 Å². The highest BCUT2D eigenvalue weighted by Crippen LogP contribution is 2.21. The van der Waals surface area contributed by atoms with Crippen LogP contribution in [0.15, 0.2) is 35.5 Å². The lowest BCUT2D eigenvalue weighted by molar-refractivity contribution is -0.119. The minimum absolute atomic E-state index is 0.0335. The van der Waals surface area contributed by atoms with E-state index in [-0.39, 0.29) is 11.9 Å². The molecule has 6 heteroatoms. The number of rotatable bonds is 7. The van der Waals surface area contributed by atoms with E-state index >= 15 is 0 Å². The van der Waals surface area contributed by atoms with Gasteiger partial charge < -0.3 is 5.32 Å². The van der Waals surface area contributed by atoms with Crippen molar-refractivity contribution < 1.29 is 4.79 Å². The first kappa shape index (κ1) is 16.5. The van der Waals surface area contributed by atoms with Crippen LogP contribution in [0.4, 0.5) is 0 Å². The minimum Gasteiger partial charge on any atom is -0.353 e. The summed E-state index contributed by atoms with van der Waals surface area (Å²) >= 11 is 1.41. The number of aryl methyl sites for hydroxylation is 1. The van der Waals surface area contributed by atoms with Crippen LogP contribution in [0.5, 0.6) is 0 Å². The number of hydrogen-bond donors (Lipinski definition) is 1. The van der Waals surface area contributed by atoms with Crippen LogP contribution < -0.4 is 5.32 Å². The molecule has 0 aliphatic carbocycles. The van der Waals surface area contributed by atoms with E-state index in [1.807, 2.05) is 48.7 Å². The van der Waals surface area contributed by atoms with E-state index in [4.69, 9.17) is 0 Å². The fraction of sp³-hybridized carbons (Fsp3) is 0.438. The van der Waals surface area contributed by atoms with Crippen molar-refractivity contribution in [2.24, 2.45) is 0 Å². The number of carbonyl (C=O) groups is 1. The summed E-state index contributed by atoms with van der Waals surface area (Å²) in [4.78, 5) is 12.0.